The van der Waals surface area contributed by atoms with E-state index in [0.717, 1.165) is 17.0 Å². The Hall–Kier alpha value is -5.21. The number of ether oxygens (including phenoxy) is 3. The van der Waals surface area contributed by atoms with Crippen LogP contribution >= 0.6 is 0 Å². The molecule has 0 bridgehead atoms. The molecule has 0 unspecified atom stereocenters. The summed E-state index contributed by atoms with van der Waals surface area (Å²) in [6.07, 6.45) is -3.38. The maximum Gasteiger partial charge on any atom is 0.418 e. The van der Waals surface area contributed by atoms with Gasteiger partial charge in [-0.25, -0.2) is 24.4 Å². The number of anilines is 1. The number of aromatic amines is 1. The maximum absolute atomic E-state index is 14.0. The average molecular weight is 588 g/mol. The molecule has 0 spiro atoms. The summed E-state index contributed by atoms with van der Waals surface area (Å²) >= 11 is 0. The van der Waals surface area contributed by atoms with Gasteiger partial charge < -0.3 is 23.8 Å². The zero-order chi connectivity index (χ0) is 30.6. The zero-order valence-electron chi connectivity index (χ0n) is 22.5. The fourth-order valence-electron chi connectivity index (χ4n) is 3.90. The molecule has 0 fully saturated rings. The number of aromatic nitrogens is 4. The molecule has 2 aromatic carbocycles. The first-order valence-corrected chi connectivity index (χ1v) is 12.5. The van der Waals surface area contributed by atoms with Crippen LogP contribution in [-0.2, 0) is 27.0 Å². The van der Waals surface area contributed by atoms with Gasteiger partial charge in [0, 0.05) is 11.9 Å². The van der Waals surface area contributed by atoms with Crippen LogP contribution in [0.5, 0.6) is 0 Å². The second-order valence-corrected chi connectivity index (χ2v) is 8.74. The van der Waals surface area contributed by atoms with E-state index >= 15 is 0 Å². The van der Waals surface area contributed by atoms with Crippen LogP contribution in [0.1, 0.15) is 51.5 Å². The molecule has 220 valence electrons. The highest BCUT2D eigenvalue weighted by atomic mass is 19.4. The van der Waals surface area contributed by atoms with Crippen LogP contribution in [0.3, 0.4) is 0 Å². The maximum atomic E-state index is 14.0. The summed E-state index contributed by atoms with van der Waals surface area (Å²) in [7, 11) is 0. The average Bonchev–Trinajstić information content (AvgIpc) is 3.41. The largest absolute Gasteiger partial charge is 0.462 e. The fraction of sp³-hybridized carbons (Fsp3) is 0.259. The third-order valence-corrected chi connectivity index (χ3v) is 5.82. The van der Waals surface area contributed by atoms with Crippen molar-refractivity contribution < 1.29 is 41.8 Å². The van der Waals surface area contributed by atoms with Gasteiger partial charge in [-0.2, -0.15) is 13.2 Å². The standard InChI is InChI=1S/C27H24F3N5O7/c1-4-40-24(37)15-6-7-18(14(3)8-15)34-26(39)42-12-16-11-35(13-31-16)21-10-20-19(9-17(21)27(28,29)30)33-23(36)22(32-20)25(38)41-5-2/h6-11,13H,4-5,12H2,1-3H3,(H,33,36)(H,34,39). The molecule has 0 saturated carbocycles. The number of amides is 1. The minimum Gasteiger partial charge on any atom is -0.462 e. The molecule has 0 radical (unpaired) electrons. The first kappa shape index (κ1) is 29.8. The minimum atomic E-state index is -4.83. The molecule has 1 amide bonds. The van der Waals surface area contributed by atoms with E-state index in [1.807, 2.05) is 0 Å². The van der Waals surface area contributed by atoms with E-state index in [4.69, 9.17) is 14.2 Å². The molecule has 2 N–H and O–H groups in total. The van der Waals surface area contributed by atoms with Crippen LogP contribution in [-0.4, -0.2) is 50.8 Å². The second-order valence-electron chi connectivity index (χ2n) is 8.74. The SMILES string of the molecule is CCOC(=O)c1ccc(NC(=O)OCc2cn(-c3cc4nc(C(=O)OCC)c(=O)[nH]c4cc3C(F)(F)F)cn2)c(C)c1. The molecule has 0 aliphatic carbocycles. The van der Waals surface area contributed by atoms with Crippen LogP contribution in [0.25, 0.3) is 16.7 Å². The van der Waals surface area contributed by atoms with E-state index in [1.54, 1.807) is 13.8 Å². The number of imidazole rings is 1. The number of benzene rings is 2. The molecule has 12 nitrogen and oxygen atoms in total. The Balaban J connectivity index is 1.54. The topological polar surface area (TPSA) is 154 Å². The normalized spacial score (nSPS) is 11.3. The van der Waals surface area contributed by atoms with Crippen molar-refractivity contribution in [2.45, 2.75) is 33.6 Å². The van der Waals surface area contributed by atoms with Gasteiger partial charge in [-0.05, 0) is 56.7 Å². The summed E-state index contributed by atoms with van der Waals surface area (Å²) in [5.41, 5.74) is -2.08. The number of nitrogens with zero attached hydrogens (tertiary/aromatic N) is 3. The number of hydrogen-bond donors (Lipinski definition) is 2. The summed E-state index contributed by atoms with van der Waals surface area (Å²) < 4.78 is 57.8. The first-order chi connectivity index (χ1) is 19.9. The van der Waals surface area contributed by atoms with Gasteiger partial charge in [-0.3, -0.25) is 10.1 Å². The van der Waals surface area contributed by atoms with E-state index in [-0.39, 0.29) is 36.5 Å². The van der Waals surface area contributed by atoms with E-state index in [2.05, 4.69) is 20.3 Å². The number of esters is 2. The van der Waals surface area contributed by atoms with Gasteiger partial charge in [-0.15, -0.1) is 0 Å². The number of halogens is 3. The van der Waals surface area contributed by atoms with Crippen LogP contribution < -0.4 is 10.9 Å². The van der Waals surface area contributed by atoms with Crippen LogP contribution in [0.2, 0.25) is 0 Å². The first-order valence-electron chi connectivity index (χ1n) is 12.5. The summed E-state index contributed by atoms with van der Waals surface area (Å²) in [6.45, 7) is 4.67. The number of nitrogens with one attached hydrogen (secondary N) is 2. The van der Waals surface area contributed by atoms with Gasteiger partial charge in [0.2, 0.25) is 5.69 Å². The lowest BCUT2D eigenvalue weighted by molar-refractivity contribution is -0.137. The Labute approximate surface area is 235 Å². The van der Waals surface area contributed by atoms with Crippen molar-refractivity contribution in [3.05, 3.63) is 81.3 Å². The lowest BCUT2D eigenvalue weighted by Gasteiger charge is -2.14. The second kappa shape index (κ2) is 12.1. The number of carbonyl (C=O) groups excluding carboxylic acids is 3. The van der Waals surface area contributed by atoms with Crippen molar-refractivity contribution in [3.63, 3.8) is 0 Å². The third-order valence-electron chi connectivity index (χ3n) is 5.82. The fourth-order valence-corrected chi connectivity index (χ4v) is 3.90. The predicted octanol–water partition coefficient (Wildman–Crippen LogP) is 4.54. The molecule has 4 aromatic rings. The summed E-state index contributed by atoms with van der Waals surface area (Å²) in [6, 6.07) is 6.26. The highest BCUT2D eigenvalue weighted by Crippen LogP contribution is 2.36. The number of rotatable bonds is 8. The Kier molecular flexibility index (Phi) is 8.59. The summed E-state index contributed by atoms with van der Waals surface area (Å²) in [5, 5.41) is 2.52. The monoisotopic (exact) mass is 587 g/mol. The molecule has 4 rings (SSSR count). The minimum absolute atomic E-state index is 0.0322. The van der Waals surface area contributed by atoms with Crippen molar-refractivity contribution in [2.24, 2.45) is 0 Å². The Morgan fingerprint density at radius 1 is 1.02 bits per heavy atom. The number of fused-ring (bicyclic) bond motifs is 1. The molecular formula is C27H24F3N5O7. The number of H-pyrrole nitrogens is 1. The molecular weight excluding hydrogens is 563 g/mol. The molecule has 2 heterocycles. The van der Waals surface area contributed by atoms with E-state index in [1.165, 1.54) is 31.3 Å². The van der Waals surface area contributed by atoms with Crippen molar-refractivity contribution >= 4 is 34.8 Å². The zero-order valence-corrected chi connectivity index (χ0v) is 22.5. The van der Waals surface area contributed by atoms with Gasteiger partial charge in [-0.1, -0.05) is 0 Å². The molecule has 42 heavy (non-hydrogen) atoms. The highest BCUT2D eigenvalue weighted by Gasteiger charge is 2.35. The van der Waals surface area contributed by atoms with E-state index < -0.39 is 46.7 Å². The Morgan fingerprint density at radius 3 is 2.40 bits per heavy atom. The smallest absolute Gasteiger partial charge is 0.418 e. The molecule has 0 atom stereocenters. The Morgan fingerprint density at radius 2 is 1.74 bits per heavy atom. The van der Waals surface area contributed by atoms with Crippen molar-refractivity contribution in [1.29, 1.82) is 0 Å². The van der Waals surface area contributed by atoms with Gasteiger partial charge in [0.25, 0.3) is 5.56 Å². The number of aryl methyl sites for hydroxylation is 1. The van der Waals surface area contributed by atoms with Gasteiger partial charge in [0.15, 0.2) is 0 Å². The van der Waals surface area contributed by atoms with Gasteiger partial charge in [0.1, 0.15) is 6.61 Å². The molecule has 2 aromatic heterocycles. The molecule has 0 aliphatic heterocycles. The van der Waals surface area contributed by atoms with Crippen LogP contribution in [0.15, 0.2) is 47.7 Å². The Bertz CT molecular complexity index is 1730. The lowest BCUT2D eigenvalue weighted by Crippen LogP contribution is -2.22. The van der Waals surface area contributed by atoms with Crippen molar-refractivity contribution in [3.8, 4) is 5.69 Å². The summed E-state index contributed by atoms with van der Waals surface area (Å²) in [5.74, 6) is -1.53. The van der Waals surface area contributed by atoms with Crippen LogP contribution in [0, 0.1) is 6.92 Å². The predicted molar refractivity (Wildman–Crippen MR) is 141 cm³/mol. The van der Waals surface area contributed by atoms with Gasteiger partial charge >= 0.3 is 24.2 Å². The molecule has 15 heteroatoms. The third kappa shape index (κ3) is 6.56. The number of alkyl halides is 3. The quantitative estimate of drug-likeness (QED) is 0.223. The highest BCUT2D eigenvalue weighted by molar-refractivity contribution is 5.92. The summed E-state index contributed by atoms with van der Waals surface area (Å²) in [4.78, 5) is 58.7. The number of hydrogen-bond acceptors (Lipinski definition) is 9. The number of carbonyl (C=O) groups is 3. The van der Waals surface area contributed by atoms with Crippen molar-refractivity contribution in [1.82, 2.24) is 19.5 Å². The van der Waals surface area contributed by atoms with E-state index in [9.17, 15) is 32.3 Å². The molecule has 0 aliphatic rings. The van der Waals surface area contributed by atoms with Crippen LogP contribution in [0.4, 0.5) is 23.7 Å². The molecule has 0 saturated heterocycles. The van der Waals surface area contributed by atoms with Gasteiger partial charge in [0.05, 0.1) is 53.1 Å². The van der Waals surface area contributed by atoms with Crippen molar-refractivity contribution in [2.75, 3.05) is 18.5 Å². The van der Waals surface area contributed by atoms with E-state index in [0.29, 0.717) is 22.9 Å². The lowest BCUT2D eigenvalue weighted by atomic mass is 10.1.